The van der Waals surface area contributed by atoms with Crippen molar-refractivity contribution in [3.63, 3.8) is 0 Å². The molecule has 1 heteroatoms. The lowest BCUT2D eigenvalue weighted by molar-refractivity contribution is 0.0823. The van der Waals surface area contributed by atoms with Crippen molar-refractivity contribution in [2.24, 2.45) is 11.8 Å². The fraction of sp³-hybridized carbons (Fsp3) is 0.714. The number of fused-ring (bicyclic) bond motifs is 1. The summed E-state index contributed by atoms with van der Waals surface area (Å²) in [5.41, 5.74) is 3.97. The zero-order valence-electron chi connectivity index (χ0n) is 14.2. The van der Waals surface area contributed by atoms with Gasteiger partial charge in [-0.15, -0.1) is 0 Å². The molecular weight excluding hydrogens is 266 g/mol. The van der Waals surface area contributed by atoms with Gasteiger partial charge in [-0.2, -0.15) is 0 Å². The molecule has 1 heterocycles. The molecule has 0 bridgehead atoms. The molecule has 4 rings (SSSR count). The fourth-order valence-corrected chi connectivity index (χ4v) is 6.04. The lowest BCUT2D eigenvalue weighted by Crippen LogP contribution is -2.48. The average Bonchev–Trinajstić information content (AvgIpc) is 3.10. The maximum Gasteiger partial charge on any atom is 0.00132 e. The maximum absolute atomic E-state index is 2.54. The summed E-state index contributed by atoms with van der Waals surface area (Å²) in [6.07, 6.45) is 13.0. The van der Waals surface area contributed by atoms with Gasteiger partial charge in [-0.3, -0.25) is 0 Å². The van der Waals surface area contributed by atoms with Gasteiger partial charge in [0, 0.05) is 5.41 Å². The highest BCUT2D eigenvalue weighted by Gasteiger charge is 2.49. The number of likely N-dealkylation sites (tertiary alicyclic amines) is 1. The molecule has 120 valence electrons. The van der Waals surface area contributed by atoms with E-state index in [0.717, 1.165) is 11.8 Å². The lowest BCUT2D eigenvalue weighted by Gasteiger charge is -2.51. The Hall–Kier alpha value is -0.820. The van der Waals surface area contributed by atoms with Crippen LogP contribution >= 0.6 is 0 Å². The van der Waals surface area contributed by atoms with E-state index in [0.29, 0.717) is 5.41 Å². The molecule has 0 aromatic heterocycles. The number of hydrogen-bond donors (Lipinski definition) is 0. The average molecular weight is 297 g/mol. The van der Waals surface area contributed by atoms with E-state index in [4.69, 9.17) is 0 Å². The summed E-state index contributed by atoms with van der Waals surface area (Å²) in [4.78, 5) is 2.54. The van der Waals surface area contributed by atoms with Gasteiger partial charge in [-0.25, -0.2) is 0 Å². The van der Waals surface area contributed by atoms with Crippen LogP contribution in [0.3, 0.4) is 0 Å². The SMILES string of the molecule is CN1CCC(C2(C3CCCC3)CCCc3ccccc32)CC1. The smallest absolute Gasteiger partial charge is 0.00132 e. The van der Waals surface area contributed by atoms with Gasteiger partial charge in [0.2, 0.25) is 0 Å². The molecule has 0 amide bonds. The first kappa shape index (κ1) is 14.8. The molecule has 1 nitrogen and oxygen atoms in total. The summed E-state index contributed by atoms with van der Waals surface area (Å²) in [5.74, 6) is 1.88. The predicted octanol–water partition coefficient (Wildman–Crippen LogP) is 4.79. The monoisotopic (exact) mass is 297 g/mol. The Labute approximate surface area is 136 Å². The second-order valence-corrected chi connectivity index (χ2v) is 8.11. The van der Waals surface area contributed by atoms with Crippen LogP contribution in [0.5, 0.6) is 0 Å². The van der Waals surface area contributed by atoms with Gasteiger partial charge < -0.3 is 4.90 Å². The fourth-order valence-electron chi connectivity index (χ4n) is 6.04. The van der Waals surface area contributed by atoms with E-state index in [-0.39, 0.29) is 0 Å². The highest BCUT2D eigenvalue weighted by molar-refractivity contribution is 5.39. The molecule has 1 unspecified atom stereocenters. The molecule has 2 fully saturated rings. The first-order chi connectivity index (χ1) is 10.8. The standard InChI is InChI=1S/C21H31N/c1-22-15-12-19(13-16-22)21(18-9-3-4-10-18)14-6-8-17-7-2-5-11-20(17)21/h2,5,7,11,18-19H,3-4,6,8-10,12-16H2,1H3. The molecule has 3 aliphatic rings. The van der Waals surface area contributed by atoms with Crippen molar-refractivity contribution < 1.29 is 0 Å². The summed E-state index contributed by atoms with van der Waals surface area (Å²) in [5, 5.41) is 0. The summed E-state index contributed by atoms with van der Waals surface area (Å²) in [7, 11) is 2.30. The van der Waals surface area contributed by atoms with Crippen LogP contribution in [0, 0.1) is 11.8 Å². The zero-order valence-corrected chi connectivity index (χ0v) is 14.2. The predicted molar refractivity (Wildman–Crippen MR) is 93.2 cm³/mol. The number of rotatable bonds is 2. The molecule has 0 spiro atoms. The van der Waals surface area contributed by atoms with Crippen LogP contribution in [0.15, 0.2) is 24.3 Å². The number of piperidine rings is 1. The first-order valence-electron chi connectivity index (χ1n) is 9.57. The van der Waals surface area contributed by atoms with Gasteiger partial charge in [0.15, 0.2) is 0 Å². The van der Waals surface area contributed by atoms with Gasteiger partial charge in [0.1, 0.15) is 0 Å². The number of aryl methyl sites for hydroxylation is 1. The maximum atomic E-state index is 2.54. The Morgan fingerprint density at radius 1 is 0.909 bits per heavy atom. The van der Waals surface area contributed by atoms with Crippen LogP contribution in [0.25, 0.3) is 0 Å². The van der Waals surface area contributed by atoms with Crippen LogP contribution in [-0.4, -0.2) is 25.0 Å². The minimum atomic E-state index is 0.520. The minimum absolute atomic E-state index is 0.520. The van der Waals surface area contributed by atoms with E-state index in [1.165, 1.54) is 70.9 Å². The van der Waals surface area contributed by atoms with Crippen molar-refractivity contribution in [3.05, 3.63) is 35.4 Å². The normalized spacial score (nSPS) is 31.3. The van der Waals surface area contributed by atoms with Crippen molar-refractivity contribution in [1.29, 1.82) is 0 Å². The molecule has 0 radical (unpaired) electrons. The second-order valence-electron chi connectivity index (χ2n) is 8.11. The molecule has 1 atom stereocenters. The van der Waals surface area contributed by atoms with Crippen LogP contribution < -0.4 is 0 Å². The third-order valence-electron chi connectivity index (χ3n) is 7.09. The molecular formula is C21H31N. The largest absolute Gasteiger partial charge is 0.306 e. The van der Waals surface area contributed by atoms with Crippen LogP contribution in [0.4, 0.5) is 0 Å². The van der Waals surface area contributed by atoms with Gasteiger partial charge in [0.25, 0.3) is 0 Å². The van der Waals surface area contributed by atoms with Gasteiger partial charge in [-0.05, 0) is 88.0 Å². The molecule has 1 saturated carbocycles. The summed E-state index contributed by atoms with van der Waals surface area (Å²) < 4.78 is 0. The molecule has 2 aliphatic carbocycles. The summed E-state index contributed by atoms with van der Waals surface area (Å²) in [6, 6.07) is 9.50. The Morgan fingerprint density at radius 3 is 2.36 bits per heavy atom. The van der Waals surface area contributed by atoms with Crippen molar-refractivity contribution in [3.8, 4) is 0 Å². The highest BCUT2D eigenvalue weighted by Crippen LogP contribution is 2.55. The second kappa shape index (κ2) is 6.00. The van der Waals surface area contributed by atoms with E-state index in [1.807, 2.05) is 0 Å². The third-order valence-corrected chi connectivity index (χ3v) is 7.09. The zero-order chi connectivity index (χ0) is 15.0. The molecule has 22 heavy (non-hydrogen) atoms. The van der Waals surface area contributed by atoms with Crippen molar-refractivity contribution in [2.45, 2.75) is 63.2 Å². The quantitative estimate of drug-likeness (QED) is 0.758. The molecule has 1 saturated heterocycles. The van der Waals surface area contributed by atoms with Gasteiger partial charge >= 0.3 is 0 Å². The Balaban J connectivity index is 1.76. The number of hydrogen-bond acceptors (Lipinski definition) is 1. The third kappa shape index (κ3) is 2.33. The van der Waals surface area contributed by atoms with Crippen molar-refractivity contribution in [1.82, 2.24) is 4.90 Å². The van der Waals surface area contributed by atoms with Crippen LogP contribution in [0.1, 0.15) is 62.5 Å². The van der Waals surface area contributed by atoms with E-state index < -0.39 is 0 Å². The summed E-state index contributed by atoms with van der Waals surface area (Å²) in [6.45, 7) is 2.61. The molecule has 1 aromatic rings. The minimum Gasteiger partial charge on any atom is -0.306 e. The van der Waals surface area contributed by atoms with Gasteiger partial charge in [-0.1, -0.05) is 37.1 Å². The van der Waals surface area contributed by atoms with E-state index in [1.54, 1.807) is 11.1 Å². The topological polar surface area (TPSA) is 3.24 Å². The molecule has 1 aliphatic heterocycles. The first-order valence-corrected chi connectivity index (χ1v) is 9.57. The van der Waals surface area contributed by atoms with E-state index in [9.17, 15) is 0 Å². The van der Waals surface area contributed by atoms with Crippen LogP contribution in [-0.2, 0) is 11.8 Å². The molecule has 1 aromatic carbocycles. The van der Waals surface area contributed by atoms with Crippen molar-refractivity contribution in [2.75, 3.05) is 20.1 Å². The Bertz CT molecular complexity index is 508. The number of nitrogens with zero attached hydrogens (tertiary/aromatic N) is 1. The highest BCUT2D eigenvalue weighted by atomic mass is 15.1. The van der Waals surface area contributed by atoms with E-state index in [2.05, 4.69) is 36.2 Å². The van der Waals surface area contributed by atoms with Crippen LogP contribution in [0.2, 0.25) is 0 Å². The summed E-state index contributed by atoms with van der Waals surface area (Å²) >= 11 is 0. The van der Waals surface area contributed by atoms with E-state index >= 15 is 0 Å². The Morgan fingerprint density at radius 2 is 1.59 bits per heavy atom. The number of benzene rings is 1. The lowest BCUT2D eigenvalue weighted by atomic mass is 9.54. The Kier molecular flexibility index (Phi) is 4.02. The molecule has 0 N–H and O–H groups in total. The van der Waals surface area contributed by atoms with Crippen molar-refractivity contribution >= 4 is 0 Å². The van der Waals surface area contributed by atoms with Gasteiger partial charge in [0.05, 0.1) is 0 Å².